The van der Waals surface area contributed by atoms with Gasteiger partial charge in [0, 0.05) is 31.7 Å². The van der Waals surface area contributed by atoms with Gasteiger partial charge in [0.2, 0.25) is 5.41 Å². The Balaban J connectivity index is 1.70. The number of hydrogen-bond donors (Lipinski definition) is 1. The Labute approximate surface area is 219 Å². The first-order chi connectivity index (χ1) is 18.2. The molecule has 2 saturated heterocycles. The molecule has 3 aromatic rings. The summed E-state index contributed by atoms with van der Waals surface area (Å²) in [6.45, 7) is 2.93. The molecule has 38 heavy (non-hydrogen) atoms. The second-order valence-electron chi connectivity index (χ2n) is 10.1. The summed E-state index contributed by atoms with van der Waals surface area (Å²) in [6.07, 6.45) is 4.79. The first-order valence-corrected chi connectivity index (χ1v) is 12.3. The minimum atomic E-state index is -2.31. The average molecular weight is 508 g/mol. The van der Waals surface area contributed by atoms with Gasteiger partial charge in [0.25, 0.3) is 5.79 Å². The molecule has 0 aromatic heterocycles. The third-order valence-electron chi connectivity index (χ3n) is 7.45. The topological polar surface area (TPSA) is 93.1 Å². The number of esters is 2. The third kappa shape index (κ3) is 3.15. The van der Waals surface area contributed by atoms with Gasteiger partial charge in [-0.3, -0.25) is 14.4 Å². The fourth-order valence-electron chi connectivity index (χ4n) is 5.83. The van der Waals surface area contributed by atoms with Crippen molar-refractivity contribution in [2.24, 2.45) is 5.41 Å². The minimum Gasteiger partial charge on any atom is -0.422 e. The van der Waals surface area contributed by atoms with Crippen molar-refractivity contribution in [1.82, 2.24) is 4.90 Å². The van der Waals surface area contributed by atoms with Crippen LogP contribution < -0.4 is 0 Å². The molecule has 2 atom stereocenters. The van der Waals surface area contributed by atoms with E-state index >= 15 is 0 Å². The Morgan fingerprint density at radius 1 is 0.868 bits per heavy atom. The van der Waals surface area contributed by atoms with E-state index in [4.69, 9.17) is 9.47 Å². The molecule has 3 aliphatic rings. The number of rotatable bonds is 3. The molecule has 190 valence electrons. The van der Waals surface area contributed by atoms with E-state index in [2.05, 4.69) is 0 Å². The zero-order valence-electron chi connectivity index (χ0n) is 20.8. The smallest absolute Gasteiger partial charge is 0.333 e. The second kappa shape index (κ2) is 8.26. The van der Waals surface area contributed by atoms with Crippen LogP contribution in [0.1, 0.15) is 46.9 Å². The lowest BCUT2D eigenvalue weighted by Crippen LogP contribution is -2.63. The van der Waals surface area contributed by atoms with Gasteiger partial charge in [-0.1, -0.05) is 84.9 Å². The van der Waals surface area contributed by atoms with E-state index in [1.165, 1.54) is 19.9 Å². The fraction of sp³-hybridized carbons (Fsp3) is 0.194. The van der Waals surface area contributed by atoms with Gasteiger partial charge < -0.3 is 19.5 Å². The molecule has 0 unspecified atom stereocenters. The van der Waals surface area contributed by atoms with E-state index in [0.29, 0.717) is 11.1 Å². The van der Waals surface area contributed by atoms with Crippen molar-refractivity contribution in [3.05, 3.63) is 125 Å². The molecule has 7 heteroatoms. The lowest BCUT2D eigenvalue weighted by molar-refractivity contribution is -0.265. The summed E-state index contributed by atoms with van der Waals surface area (Å²) in [6, 6.07) is 23.3. The van der Waals surface area contributed by atoms with E-state index in [-0.39, 0.29) is 11.3 Å². The predicted molar refractivity (Wildman–Crippen MR) is 138 cm³/mol. The molecule has 0 radical (unpaired) electrons. The zero-order chi connectivity index (χ0) is 26.7. The van der Waals surface area contributed by atoms with Gasteiger partial charge in [-0.05, 0) is 22.8 Å². The number of fused-ring (bicyclic) bond motifs is 4. The fourth-order valence-corrected chi connectivity index (χ4v) is 5.83. The second-order valence-corrected chi connectivity index (χ2v) is 10.1. The number of aliphatic hydroxyl groups is 1. The highest BCUT2D eigenvalue weighted by atomic mass is 16.7. The van der Waals surface area contributed by atoms with Crippen LogP contribution in [0.4, 0.5) is 0 Å². The molecule has 3 aliphatic heterocycles. The average Bonchev–Trinajstić information content (AvgIpc) is 3.14. The van der Waals surface area contributed by atoms with Gasteiger partial charge in [0.15, 0.2) is 11.4 Å². The van der Waals surface area contributed by atoms with Gasteiger partial charge >= 0.3 is 11.9 Å². The first-order valence-electron chi connectivity index (χ1n) is 12.3. The van der Waals surface area contributed by atoms with Crippen LogP contribution in [0.2, 0.25) is 0 Å². The number of allylic oxidation sites excluding steroid dienone is 1. The number of carbonyl (C=O) groups excluding carboxylic acids is 3. The highest BCUT2D eigenvalue weighted by Gasteiger charge is 2.79. The number of nitrogens with zero attached hydrogens (tertiary/aromatic N) is 1. The first kappa shape index (κ1) is 23.9. The summed E-state index contributed by atoms with van der Waals surface area (Å²) in [5, 5.41) is 12.9. The highest BCUT2D eigenvalue weighted by Crippen LogP contribution is 2.66. The Bertz CT molecular complexity index is 1500. The van der Waals surface area contributed by atoms with Crippen LogP contribution in [0, 0.1) is 5.41 Å². The molecule has 1 N–H and O–H groups in total. The monoisotopic (exact) mass is 507 g/mol. The van der Waals surface area contributed by atoms with Crippen LogP contribution in [-0.2, 0) is 24.7 Å². The Morgan fingerprint density at radius 2 is 1.45 bits per heavy atom. The van der Waals surface area contributed by atoms with E-state index < -0.39 is 40.6 Å². The summed E-state index contributed by atoms with van der Waals surface area (Å²) in [5.41, 5.74) is -2.48. The molecular formula is C31H25NO6. The summed E-state index contributed by atoms with van der Waals surface area (Å²) < 4.78 is 11.4. The summed E-state index contributed by atoms with van der Waals surface area (Å²) in [7, 11) is 0. The lowest BCUT2D eigenvalue weighted by atomic mass is 9.63. The molecule has 1 spiro atoms. The van der Waals surface area contributed by atoms with Crippen molar-refractivity contribution in [1.29, 1.82) is 0 Å². The van der Waals surface area contributed by atoms with E-state index in [0.717, 1.165) is 5.56 Å². The molecule has 3 heterocycles. The number of ether oxygens (including phenoxy) is 2. The molecule has 0 aliphatic carbocycles. The van der Waals surface area contributed by atoms with Crippen LogP contribution in [0.3, 0.4) is 0 Å². The van der Waals surface area contributed by atoms with Gasteiger partial charge in [0.05, 0.1) is 11.7 Å². The van der Waals surface area contributed by atoms with E-state index in [1.807, 2.05) is 18.2 Å². The van der Waals surface area contributed by atoms with E-state index in [9.17, 15) is 19.5 Å². The highest BCUT2D eigenvalue weighted by molar-refractivity contribution is 6.09. The number of ketones is 1. The van der Waals surface area contributed by atoms with Crippen molar-refractivity contribution in [3.63, 3.8) is 0 Å². The molecule has 0 bridgehead atoms. The standard InChI is InChI=1S/C31H25NO6/c1-29(2)37-27(34)30(28(35)38-29)26-23-16-10-9-11-20(23)17-18-32(26)25(19-24(33)21-12-5-3-6-13-21)31(30,36)22-14-7-4-8-15-22/h3-19,26,36H,1-2H3/b25-19+/t26-,31-/m0/s1. The SMILES string of the molecule is CC1(C)OC(=O)C2(C(=O)O1)[C@@H]1c3ccccc3C=CN1/C(=C/C(=O)c1ccccc1)[C@@]2(O)c1ccccc1. The Morgan fingerprint density at radius 3 is 2.11 bits per heavy atom. The Hall–Kier alpha value is -4.49. The van der Waals surface area contributed by atoms with Crippen LogP contribution >= 0.6 is 0 Å². The van der Waals surface area contributed by atoms with Crippen LogP contribution in [-0.4, -0.2) is 33.5 Å². The maximum Gasteiger partial charge on any atom is 0.333 e. The van der Waals surface area contributed by atoms with Crippen molar-refractivity contribution in [2.45, 2.75) is 31.3 Å². The van der Waals surface area contributed by atoms with Crippen molar-refractivity contribution in [3.8, 4) is 0 Å². The van der Waals surface area contributed by atoms with Gasteiger partial charge in [-0.2, -0.15) is 0 Å². The number of cyclic esters (lactones) is 2. The molecular weight excluding hydrogens is 482 g/mol. The number of benzene rings is 3. The molecule has 7 nitrogen and oxygen atoms in total. The normalized spacial score (nSPS) is 25.5. The molecule has 2 fully saturated rings. The summed E-state index contributed by atoms with van der Waals surface area (Å²) in [4.78, 5) is 43.4. The zero-order valence-corrected chi connectivity index (χ0v) is 20.8. The summed E-state index contributed by atoms with van der Waals surface area (Å²) >= 11 is 0. The minimum absolute atomic E-state index is 0.0712. The van der Waals surface area contributed by atoms with Gasteiger partial charge in [-0.15, -0.1) is 0 Å². The van der Waals surface area contributed by atoms with Gasteiger partial charge in [-0.25, -0.2) is 0 Å². The third-order valence-corrected chi connectivity index (χ3v) is 7.45. The van der Waals surface area contributed by atoms with Crippen LogP contribution in [0.5, 0.6) is 0 Å². The maximum atomic E-state index is 14.2. The number of carbonyl (C=O) groups is 3. The largest absolute Gasteiger partial charge is 0.422 e. The molecule has 0 amide bonds. The number of hydrogen-bond acceptors (Lipinski definition) is 7. The quantitative estimate of drug-likeness (QED) is 0.241. The van der Waals surface area contributed by atoms with Crippen LogP contribution in [0.15, 0.2) is 103 Å². The van der Waals surface area contributed by atoms with Crippen LogP contribution in [0.25, 0.3) is 6.08 Å². The predicted octanol–water partition coefficient (Wildman–Crippen LogP) is 4.50. The molecule has 0 saturated carbocycles. The van der Waals surface area contributed by atoms with Crippen molar-refractivity contribution in [2.75, 3.05) is 0 Å². The lowest BCUT2D eigenvalue weighted by Gasteiger charge is -2.46. The molecule has 6 rings (SSSR count). The van der Waals surface area contributed by atoms with Crippen molar-refractivity contribution < 1.29 is 29.0 Å². The van der Waals surface area contributed by atoms with Gasteiger partial charge in [0.1, 0.15) is 0 Å². The summed E-state index contributed by atoms with van der Waals surface area (Å²) in [5.74, 6) is -3.78. The van der Waals surface area contributed by atoms with E-state index in [1.54, 1.807) is 83.9 Å². The maximum absolute atomic E-state index is 14.2. The molecule has 3 aromatic carbocycles. The van der Waals surface area contributed by atoms with Crippen molar-refractivity contribution >= 4 is 23.8 Å². The Kier molecular flexibility index (Phi) is 5.19.